The Morgan fingerprint density at radius 3 is 2.53 bits per heavy atom. The van der Waals surface area contributed by atoms with Crippen molar-refractivity contribution in [2.24, 2.45) is 0 Å². The van der Waals surface area contributed by atoms with Crippen LogP contribution in [0.3, 0.4) is 0 Å². The summed E-state index contributed by atoms with van der Waals surface area (Å²) in [6, 6.07) is 5.20. The Labute approximate surface area is 187 Å². The van der Waals surface area contributed by atoms with E-state index < -0.39 is 0 Å². The highest BCUT2D eigenvalue weighted by atomic mass is 16.5. The minimum atomic E-state index is -0.309. The lowest BCUT2D eigenvalue weighted by Crippen LogP contribution is -2.32. The van der Waals surface area contributed by atoms with Crippen molar-refractivity contribution in [3.05, 3.63) is 53.8 Å². The number of anilines is 2. The molecule has 8 nitrogen and oxygen atoms in total. The zero-order valence-corrected chi connectivity index (χ0v) is 18.5. The lowest BCUT2D eigenvalue weighted by Gasteiger charge is -2.24. The van der Waals surface area contributed by atoms with Crippen molar-refractivity contribution >= 4 is 23.3 Å². The molecule has 0 unspecified atom stereocenters. The summed E-state index contributed by atoms with van der Waals surface area (Å²) in [5.74, 6) is 0.854. The number of hydrogen-bond acceptors (Lipinski definition) is 6. The number of pyridine rings is 2. The highest BCUT2D eigenvalue weighted by Gasteiger charge is 2.24. The molecule has 4 heterocycles. The van der Waals surface area contributed by atoms with Gasteiger partial charge in [-0.1, -0.05) is 19.4 Å². The summed E-state index contributed by atoms with van der Waals surface area (Å²) in [6.07, 6.45) is 8.35. The first kappa shape index (κ1) is 21.8. The maximum Gasteiger partial charge on any atom is 0.258 e. The van der Waals surface area contributed by atoms with Gasteiger partial charge in [-0.05, 0) is 38.3 Å². The molecule has 1 amide bonds. The SMILES string of the molecule is C=C(C)C(=O)n1ccc(N2CCCOc3cc(C(=O)N4CCCCCC4)cnc32)cc1=N. The first-order chi connectivity index (χ1) is 15.5. The average Bonchev–Trinajstić information content (AvgIpc) is 3.19. The van der Waals surface area contributed by atoms with Crippen LogP contribution in [0.2, 0.25) is 0 Å². The second-order valence-electron chi connectivity index (χ2n) is 8.33. The van der Waals surface area contributed by atoms with Crippen LogP contribution in [0.15, 0.2) is 42.7 Å². The molecule has 0 radical (unpaired) electrons. The fraction of sp³-hybridized carbons (Fsp3) is 0.417. The van der Waals surface area contributed by atoms with E-state index in [1.807, 2.05) is 9.80 Å². The van der Waals surface area contributed by atoms with Gasteiger partial charge in [-0.15, -0.1) is 0 Å². The average molecular weight is 436 g/mol. The summed E-state index contributed by atoms with van der Waals surface area (Å²) in [6.45, 7) is 8.02. The maximum absolute atomic E-state index is 13.0. The Hall–Kier alpha value is -3.42. The number of rotatable bonds is 3. The number of likely N-dealkylation sites (tertiary alicyclic amines) is 1. The molecule has 1 saturated heterocycles. The van der Waals surface area contributed by atoms with Crippen LogP contribution in [-0.2, 0) is 0 Å². The van der Waals surface area contributed by atoms with E-state index in [0.717, 1.165) is 50.9 Å². The summed E-state index contributed by atoms with van der Waals surface area (Å²) in [4.78, 5) is 33.7. The molecule has 0 aromatic carbocycles. The van der Waals surface area contributed by atoms with Gasteiger partial charge in [0.25, 0.3) is 11.8 Å². The minimum Gasteiger partial charge on any atom is -0.490 e. The lowest BCUT2D eigenvalue weighted by atomic mass is 10.2. The molecule has 0 atom stereocenters. The fourth-order valence-corrected chi connectivity index (χ4v) is 4.12. The third-order valence-electron chi connectivity index (χ3n) is 5.85. The number of ether oxygens (including phenoxy) is 1. The Bertz CT molecular complexity index is 1100. The highest BCUT2D eigenvalue weighted by Crippen LogP contribution is 2.34. The van der Waals surface area contributed by atoms with E-state index in [2.05, 4.69) is 11.6 Å². The van der Waals surface area contributed by atoms with Crippen LogP contribution in [0.4, 0.5) is 11.5 Å². The molecule has 2 aliphatic heterocycles. The maximum atomic E-state index is 13.0. The van der Waals surface area contributed by atoms with Gasteiger partial charge < -0.3 is 14.5 Å². The summed E-state index contributed by atoms with van der Waals surface area (Å²) >= 11 is 0. The summed E-state index contributed by atoms with van der Waals surface area (Å²) in [7, 11) is 0. The smallest absolute Gasteiger partial charge is 0.258 e. The van der Waals surface area contributed by atoms with Crippen molar-refractivity contribution in [1.29, 1.82) is 5.41 Å². The summed E-state index contributed by atoms with van der Waals surface area (Å²) in [5, 5.41) is 8.29. The number of allylic oxidation sites excluding steroid dienone is 1. The molecule has 1 fully saturated rings. The van der Waals surface area contributed by atoms with Gasteiger partial charge >= 0.3 is 0 Å². The summed E-state index contributed by atoms with van der Waals surface area (Å²) in [5.41, 5.74) is 1.71. The van der Waals surface area contributed by atoms with Gasteiger partial charge in [-0.25, -0.2) is 4.98 Å². The third-order valence-corrected chi connectivity index (χ3v) is 5.85. The normalized spacial score (nSPS) is 16.4. The number of fused-ring (bicyclic) bond motifs is 1. The molecule has 0 aliphatic carbocycles. The second kappa shape index (κ2) is 9.38. The van der Waals surface area contributed by atoms with Crippen LogP contribution < -0.4 is 15.1 Å². The fourth-order valence-electron chi connectivity index (χ4n) is 4.12. The minimum absolute atomic E-state index is 0.00546. The van der Waals surface area contributed by atoms with Crippen LogP contribution in [0.5, 0.6) is 5.75 Å². The first-order valence-electron chi connectivity index (χ1n) is 11.1. The molecule has 2 aromatic heterocycles. The van der Waals surface area contributed by atoms with Crippen molar-refractivity contribution in [2.45, 2.75) is 39.0 Å². The molecular formula is C24H29N5O3. The largest absolute Gasteiger partial charge is 0.490 e. The van der Waals surface area contributed by atoms with E-state index >= 15 is 0 Å². The van der Waals surface area contributed by atoms with Crippen LogP contribution in [0.25, 0.3) is 0 Å². The van der Waals surface area contributed by atoms with Crippen molar-refractivity contribution in [1.82, 2.24) is 14.5 Å². The zero-order valence-electron chi connectivity index (χ0n) is 18.5. The highest BCUT2D eigenvalue weighted by molar-refractivity contribution is 5.95. The number of hydrogen-bond donors (Lipinski definition) is 1. The van der Waals surface area contributed by atoms with Crippen molar-refractivity contribution < 1.29 is 14.3 Å². The molecule has 168 valence electrons. The molecule has 2 aromatic rings. The van der Waals surface area contributed by atoms with E-state index in [1.54, 1.807) is 37.5 Å². The zero-order chi connectivity index (χ0) is 22.7. The predicted octanol–water partition coefficient (Wildman–Crippen LogP) is 3.52. The van der Waals surface area contributed by atoms with Gasteiger partial charge in [0.15, 0.2) is 11.6 Å². The van der Waals surface area contributed by atoms with E-state index in [0.29, 0.717) is 35.9 Å². The van der Waals surface area contributed by atoms with Gasteiger partial charge in [-0.2, -0.15) is 0 Å². The topological polar surface area (TPSA) is 91.5 Å². The van der Waals surface area contributed by atoms with E-state index in [1.165, 1.54) is 4.57 Å². The van der Waals surface area contributed by atoms with Crippen molar-refractivity contribution in [3.8, 4) is 5.75 Å². The van der Waals surface area contributed by atoms with Crippen LogP contribution >= 0.6 is 0 Å². The molecule has 32 heavy (non-hydrogen) atoms. The van der Waals surface area contributed by atoms with Crippen LogP contribution in [-0.4, -0.2) is 52.5 Å². The molecule has 4 rings (SSSR count). The first-order valence-corrected chi connectivity index (χ1v) is 11.1. The number of aromatic nitrogens is 2. The number of carbonyl (C=O) groups excluding carboxylic acids is 2. The van der Waals surface area contributed by atoms with Gasteiger partial charge in [-0.3, -0.25) is 19.6 Å². The van der Waals surface area contributed by atoms with Gasteiger partial charge in [0.05, 0.1) is 12.2 Å². The van der Waals surface area contributed by atoms with Crippen molar-refractivity contribution in [2.75, 3.05) is 31.1 Å². The predicted molar refractivity (Wildman–Crippen MR) is 121 cm³/mol. The standard InChI is InChI=1S/C24H29N5O3/c1-17(2)23(30)29-12-8-19(15-21(29)25)28-11-7-13-32-20-14-18(16-26-22(20)28)24(31)27-9-5-3-4-6-10-27/h8,12,14-16,25H,1,3-7,9-11,13H2,2H3. The number of nitrogens with zero attached hydrogens (tertiary/aromatic N) is 4. The number of carbonyl (C=O) groups is 2. The Morgan fingerprint density at radius 1 is 1.09 bits per heavy atom. The number of nitrogens with one attached hydrogen (secondary N) is 1. The van der Waals surface area contributed by atoms with Crippen LogP contribution in [0, 0.1) is 5.41 Å². The molecule has 0 spiro atoms. The van der Waals surface area contributed by atoms with E-state index in [9.17, 15) is 9.59 Å². The van der Waals surface area contributed by atoms with E-state index in [4.69, 9.17) is 10.1 Å². The molecule has 1 N–H and O–H groups in total. The van der Waals surface area contributed by atoms with Gasteiger partial charge in [0.2, 0.25) is 0 Å². The Morgan fingerprint density at radius 2 is 1.84 bits per heavy atom. The Kier molecular flexibility index (Phi) is 6.39. The monoisotopic (exact) mass is 435 g/mol. The second-order valence-corrected chi connectivity index (χ2v) is 8.33. The molecular weight excluding hydrogens is 406 g/mol. The molecule has 0 saturated carbocycles. The van der Waals surface area contributed by atoms with Crippen molar-refractivity contribution in [3.63, 3.8) is 0 Å². The van der Waals surface area contributed by atoms with Gasteiger partial charge in [0, 0.05) is 49.4 Å². The quantitative estimate of drug-likeness (QED) is 0.745. The van der Waals surface area contributed by atoms with E-state index in [-0.39, 0.29) is 17.3 Å². The van der Waals surface area contributed by atoms with Crippen LogP contribution in [0.1, 0.15) is 54.2 Å². The third kappa shape index (κ3) is 4.44. The van der Waals surface area contributed by atoms with Gasteiger partial charge in [0.1, 0.15) is 5.49 Å². The molecule has 2 aliphatic rings. The Balaban J connectivity index is 1.64. The molecule has 8 heteroatoms. The number of amides is 1. The summed E-state index contributed by atoms with van der Waals surface area (Å²) < 4.78 is 7.20. The lowest BCUT2D eigenvalue weighted by molar-refractivity contribution is 0.0760. The molecule has 0 bridgehead atoms.